The monoisotopic (exact) mass is 157 g/mol. The minimum atomic E-state index is -0.405. The van der Waals surface area contributed by atoms with Gasteiger partial charge in [-0.25, -0.2) is 0 Å². The summed E-state index contributed by atoms with van der Waals surface area (Å²) in [4.78, 5) is 11.7. The Morgan fingerprint density at radius 1 is 1.09 bits per heavy atom. The van der Waals surface area contributed by atoms with E-state index < -0.39 is 5.54 Å². The van der Waals surface area contributed by atoms with Gasteiger partial charge < -0.3 is 5.32 Å². The summed E-state index contributed by atoms with van der Waals surface area (Å²) in [7, 11) is 1.81. The molecule has 0 radical (unpaired) electrons. The third kappa shape index (κ3) is 2.62. The lowest BCUT2D eigenvalue weighted by atomic mass is 9.80. The predicted octanol–water partition coefficient (Wildman–Crippen LogP) is 1.60. The number of hydrogen-bond acceptors (Lipinski definition) is 2. The first-order chi connectivity index (χ1) is 4.72. The SMILES string of the molecule is CNC(C)(C)C(=O)C(C)(C)C. The minimum Gasteiger partial charge on any atom is -0.308 e. The molecule has 0 saturated heterocycles. The summed E-state index contributed by atoms with van der Waals surface area (Å²) in [5.41, 5.74) is -0.662. The lowest BCUT2D eigenvalue weighted by Crippen LogP contribution is -2.49. The van der Waals surface area contributed by atoms with Crippen molar-refractivity contribution in [1.29, 1.82) is 0 Å². The normalized spacial score (nSPS) is 13.3. The molecule has 0 atom stereocenters. The molecular formula is C9H19NO. The molecule has 0 unspecified atom stereocenters. The van der Waals surface area contributed by atoms with E-state index >= 15 is 0 Å². The number of ketones is 1. The van der Waals surface area contributed by atoms with Gasteiger partial charge in [0.05, 0.1) is 5.54 Å². The van der Waals surface area contributed by atoms with Gasteiger partial charge in [-0.15, -0.1) is 0 Å². The zero-order valence-corrected chi connectivity index (χ0v) is 8.41. The van der Waals surface area contributed by atoms with Gasteiger partial charge in [0.15, 0.2) is 5.78 Å². The van der Waals surface area contributed by atoms with E-state index in [2.05, 4.69) is 5.32 Å². The van der Waals surface area contributed by atoms with Crippen LogP contribution in [0.5, 0.6) is 0 Å². The second-order valence-corrected chi connectivity index (χ2v) is 4.45. The number of likely N-dealkylation sites (N-methyl/N-ethyl adjacent to an activating group) is 1. The molecule has 0 rings (SSSR count). The summed E-state index contributed by atoms with van der Waals surface area (Å²) in [6, 6.07) is 0. The van der Waals surface area contributed by atoms with Gasteiger partial charge in [-0.05, 0) is 20.9 Å². The molecule has 0 aromatic rings. The van der Waals surface area contributed by atoms with E-state index in [0.717, 1.165) is 0 Å². The number of nitrogens with one attached hydrogen (secondary N) is 1. The maximum Gasteiger partial charge on any atom is 0.157 e. The molecule has 0 amide bonds. The van der Waals surface area contributed by atoms with Crippen LogP contribution in [-0.2, 0) is 4.79 Å². The highest BCUT2D eigenvalue weighted by molar-refractivity contribution is 5.91. The molecule has 0 aromatic heterocycles. The van der Waals surface area contributed by atoms with Crippen molar-refractivity contribution in [3.8, 4) is 0 Å². The van der Waals surface area contributed by atoms with Gasteiger partial charge >= 0.3 is 0 Å². The maximum absolute atomic E-state index is 11.7. The zero-order chi connectivity index (χ0) is 9.28. The minimum absolute atomic E-state index is 0.243. The fourth-order valence-corrected chi connectivity index (χ4v) is 1.05. The fourth-order valence-electron chi connectivity index (χ4n) is 1.05. The van der Waals surface area contributed by atoms with E-state index in [4.69, 9.17) is 0 Å². The van der Waals surface area contributed by atoms with Crippen molar-refractivity contribution in [2.45, 2.75) is 40.2 Å². The molecule has 11 heavy (non-hydrogen) atoms. The van der Waals surface area contributed by atoms with E-state index in [-0.39, 0.29) is 11.2 Å². The Morgan fingerprint density at radius 3 is 1.55 bits per heavy atom. The third-order valence-corrected chi connectivity index (χ3v) is 1.87. The van der Waals surface area contributed by atoms with Gasteiger partial charge in [0, 0.05) is 5.41 Å². The summed E-state index contributed by atoms with van der Waals surface area (Å²) in [5.74, 6) is 0.243. The smallest absolute Gasteiger partial charge is 0.157 e. The second-order valence-electron chi connectivity index (χ2n) is 4.45. The zero-order valence-electron chi connectivity index (χ0n) is 8.41. The van der Waals surface area contributed by atoms with E-state index in [1.807, 2.05) is 41.7 Å². The van der Waals surface area contributed by atoms with E-state index in [0.29, 0.717) is 0 Å². The Labute approximate surface area is 69.4 Å². The number of carbonyl (C=O) groups excluding carboxylic acids is 1. The van der Waals surface area contributed by atoms with Crippen molar-refractivity contribution in [3.63, 3.8) is 0 Å². The van der Waals surface area contributed by atoms with Gasteiger partial charge in [-0.2, -0.15) is 0 Å². The Bertz CT molecular complexity index is 153. The predicted molar refractivity (Wildman–Crippen MR) is 47.6 cm³/mol. The van der Waals surface area contributed by atoms with Gasteiger partial charge in [0.2, 0.25) is 0 Å². The highest BCUT2D eigenvalue weighted by Gasteiger charge is 2.34. The van der Waals surface area contributed by atoms with Crippen molar-refractivity contribution in [1.82, 2.24) is 5.32 Å². The number of Topliss-reactive ketones (excluding diaryl/α,β-unsaturated/α-hetero) is 1. The summed E-state index contributed by atoms with van der Waals surface area (Å²) in [6.07, 6.45) is 0. The van der Waals surface area contributed by atoms with Gasteiger partial charge in [-0.3, -0.25) is 4.79 Å². The molecule has 0 saturated carbocycles. The number of hydrogen-bond donors (Lipinski definition) is 1. The fraction of sp³-hybridized carbons (Fsp3) is 0.889. The molecule has 66 valence electrons. The van der Waals surface area contributed by atoms with Crippen molar-refractivity contribution >= 4 is 5.78 Å². The maximum atomic E-state index is 11.7. The molecule has 0 aliphatic rings. The first-order valence-electron chi connectivity index (χ1n) is 3.95. The van der Waals surface area contributed by atoms with Crippen LogP contribution in [0.3, 0.4) is 0 Å². The molecule has 0 aliphatic heterocycles. The van der Waals surface area contributed by atoms with Gasteiger partial charge in [0.1, 0.15) is 0 Å². The molecule has 2 nitrogen and oxygen atoms in total. The van der Waals surface area contributed by atoms with E-state index in [9.17, 15) is 4.79 Å². The van der Waals surface area contributed by atoms with Crippen molar-refractivity contribution in [3.05, 3.63) is 0 Å². The van der Waals surface area contributed by atoms with Crippen molar-refractivity contribution in [2.24, 2.45) is 5.41 Å². The Balaban J connectivity index is 4.50. The van der Waals surface area contributed by atoms with Crippen LogP contribution in [0.25, 0.3) is 0 Å². The van der Waals surface area contributed by atoms with Crippen molar-refractivity contribution < 1.29 is 4.79 Å². The Hall–Kier alpha value is -0.370. The summed E-state index contributed by atoms with van der Waals surface area (Å²) < 4.78 is 0. The standard InChI is InChI=1S/C9H19NO/c1-8(2,3)7(11)9(4,5)10-6/h10H,1-6H3. The van der Waals surface area contributed by atoms with Crippen LogP contribution in [0.2, 0.25) is 0 Å². The van der Waals surface area contributed by atoms with E-state index in [1.165, 1.54) is 0 Å². The second kappa shape index (κ2) is 2.94. The third-order valence-electron chi connectivity index (χ3n) is 1.87. The molecule has 0 fully saturated rings. The average molecular weight is 157 g/mol. The number of rotatable bonds is 2. The quantitative estimate of drug-likeness (QED) is 0.659. The molecule has 0 aromatic carbocycles. The first kappa shape index (κ1) is 10.6. The Kier molecular flexibility index (Phi) is 2.84. The molecule has 2 heteroatoms. The molecule has 0 aliphatic carbocycles. The first-order valence-corrected chi connectivity index (χ1v) is 3.95. The van der Waals surface area contributed by atoms with Crippen LogP contribution in [0, 0.1) is 5.41 Å². The molecule has 0 bridgehead atoms. The van der Waals surface area contributed by atoms with Crippen molar-refractivity contribution in [2.75, 3.05) is 7.05 Å². The van der Waals surface area contributed by atoms with Crippen LogP contribution >= 0.6 is 0 Å². The highest BCUT2D eigenvalue weighted by atomic mass is 16.1. The summed E-state index contributed by atoms with van der Waals surface area (Å²) in [6.45, 7) is 9.62. The van der Waals surface area contributed by atoms with Crippen LogP contribution in [0.15, 0.2) is 0 Å². The molecule has 0 heterocycles. The number of carbonyl (C=O) groups is 1. The summed E-state index contributed by atoms with van der Waals surface area (Å²) >= 11 is 0. The average Bonchev–Trinajstić information content (AvgIpc) is 1.84. The lowest BCUT2D eigenvalue weighted by Gasteiger charge is -2.30. The summed E-state index contributed by atoms with van der Waals surface area (Å²) in [5, 5.41) is 3.00. The topological polar surface area (TPSA) is 29.1 Å². The molecule has 1 N–H and O–H groups in total. The van der Waals surface area contributed by atoms with Gasteiger partial charge in [-0.1, -0.05) is 20.8 Å². The van der Waals surface area contributed by atoms with Crippen LogP contribution in [-0.4, -0.2) is 18.4 Å². The molecule has 0 spiro atoms. The van der Waals surface area contributed by atoms with Crippen LogP contribution in [0.1, 0.15) is 34.6 Å². The van der Waals surface area contributed by atoms with E-state index in [1.54, 1.807) is 0 Å². The Morgan fingerprint density at radius 2 is 1.45 bits per heavy atom. The largest absolute Gasteiger partial charge is 0.308 e. The van der Waals surface area contributed by atoms with Crippen LogP contribution < -0.4 is 5.32 Å². The molecular weight excluding hydrogens is 138 g/mol. The van der Waals surface area contributed by atoms with Crippen LogP contribution in [0.4, 0.5) is 0 Å². The lowest BCUT2D eigenvalue weighted by molar-refractivity contribution is -0.131. The highest BCUT2D eigenvalue weighted by Crippen LogP contribution is 2.21. The van der Waals surface area contributed by atoms with Gasteiger partial charge in [0.25, 0.3) is 0 Å².